The summed E-state index contributed by atoms with van der Waals surface area (Å²) in [6.07, 6.45) is 0.202. The molecule has 1 N–H and O–H groups in total. The van der Waals surface area contributed by atoms with Crippen molar-refractivity contribution in [2.45, 2.75) is 30.8 Å². The lowest BCUT2D eigenvalue weighted by molar-refractivity contribution is -0.139. The van der Waals surface area contributed by atoms with Crippen molar-refractivity contribution in [3.8, 4) is 0 Å². The highest BCUT2D eigenvalue weighted by atomic mass is 35.5. The van der Waals surface area contributed by atoms with Gasteiger partial charge in [0.1, 0.15) is 12.6 Å². The van der Waals surface area contributed by atoms with Crippen LogP contribution in [0.3, 0.4) is 0 Å². The highest BCUT2D eigenvalue weighted by molar-refractivity contribution is 7.92. The summed E-state index contributed by atoms with van der Waals surface area (Å²) in [7, 11) is -2.66. The summed E-state index contributed by atoms with van der Waals surface area (Å²) in [6.45, 7) is 1.26. The van der Waals surface area contributed by atoms with Gasteiger partial charge in [0.2, 0.25) is 11.8 Å². The number of anilines is 1. The van der Waals surface area contributed by atoms with Gasteiger partial charge in [-0.1, -0.05) is 95.5 Å². The maximum Gasteiger partial charge on any atom is 0.264 e. The molecule has 10 heteroatoms. The van der Waals surface area contributed by atoms with E-state index in [2.05, 4.69) is 5.32 Å². The van der Waals surface area contributed by atoms with Crippen LogP contribution in [-0.2, 0) is 32.6 Å². The monoisotopic (exact) mass is 623 g/mol. The van der Waals surface area contributed by atoms with E-state index in [1.54, 1.807) is 60.7 Å². The lowest BCUT2D eigenvalue weighted by Crippen LogP contribution is -2.53. The van der Waals surface area contributed by atoms with Crippen LogP contribution in [0.15, 0.2) is 108 Å². The molecule has 4 aromatic carbocycles. The van der Waals surface area contributed by atoms with Gasteiger partial charge in [-0.25, -0.2) is 8.42 Å². The molecule has 42 heavy (non-hydrogen) atoms. The number of amides is 2. The summed E-state index contributed by atoms with van der Waals surface area (Å²) in [6, 6.07) is 28.1. The fourth-order valence-electron chi connectivity index (χ4n) is 4.51. The Bertz CT molecular complexity index is 1630. The molecule has 0 spiro atoms. The zero-order chi connectivity index (χ0) is 30.3. The molecule has 0 saturated carbocycles. The molecular weight excluding hydrogens is 593 g/mol. The van der Waals surface area contributed by atoms with Crippen LogP contribution >= 0.6 is 23.2 Å². The van der Waals surface area contributed by atoms with Crippen LogP contribution in [0, 0.1) is 6.92 Å². The number of benzene rings is 4. The molecule has 7 nitrogen and oxygen atoms in total. The molecule has 0 radical (unpaired) electrons. The van der Waals surface area contributed by atoms with Crippen LogP contribution in [0.5, 0.6) is 0 Å². The number of sulfonamides is 1. The van der Waals surface area contributed by atoms with E-state index in [1.165, 1.54) is 24.1 Å². The van der Waals surface area contributed by atoms with Crippen molar-refractivity contribution in [1.82, 2.24) is 10.2 Å². The van der Waals surface area contributed by atoms with Gasteiger partial charge >= 0.3 is 0 Å². The van der Waals surface area contributed by atoms with Crippen molar-refractivity contribution in [3.63, 3.8) is 0 Å². The minimum Gasteiger partial charge on any atom is -0.357 e. The fraction of sp³-hybridized carbons (Fsp3) is 0.188. The second kappa shape index (κ2) is 13.9. The molecule has 2 amide bonds. The lowest BCUT2D eigenvalue weighted by Gasteiger charge is -2.33. The number of rotatable bonds is 11. The molecule has 0 heterocycles. The Morgan fingerprint density at radius 3 is 2.07 bits per heavy atom. The number of likely N-dealkylation sites (N-methyl/N-ethyl adjacent to an activating group) is 1. The van der Waals surface area contributed by atoms with Crippen LogP contribution in [0.4, 0.5) is 5.69 Å². The zero-order valence-corrected chi connectivity index (χ0v) is 25.5. The fourth-order valence-corrected chi connectivity index (χ4v) is 6.40. The van der Waals surface area contributed by atoms with E-state index in [9.17, 15) is 18.0 Å². The quantitative estimate of drug-likeness (QED) is 0.226. The number of halogens is 2. The number of hydrogen-bond donors (Lipinski definition) is 1. The van der Waals surface area contributed by atoms with Gasteiger partial charge in [0, 0.05) is 30.1 Å². The van der Waals surface area contributed by atoms with E-state index in [-0.39, 0.29) is 17.9 Å². The third kappa shape index (κ3) is 7.50. The number of carbonyl (C=O) groups is 2. The van der Waals surface area contributed by atoms with Crippen molar-refractivity contribution in [2.75, 3.05) is 17.9 Å². The number of aryl methyl sites for hydroxylation is 1. The summed E-state index contributed by atoms with van der Waals surface area (Å²) < 4.78 is 29.0. The Labute approximate surface area is 256 Å². The minimum atomic E-state index is -4.15. The Balaban J connectivity index is 1.79. The first kappa shape index (κ1) is 31.1. The maximum absolute atomic E-state index is 14.3. The molecule has 0 bridgehead atoms. The van der Waals surface area contributed by atoms with Gasteiger partial charge in [-0.3, -0.25) is 13.9 Å². The zero-order valence-electron chi connectivity index (χ0n) is 23.2. The van der Waals surface area contributed by atoms with Crippen LogP contribution in [-0.4, -0.2) is 44.8 Å². The summed E-state index contributed by atoms with van der Waals surface area (Å²) >= 11 is 12.6. The predicted octanol–water partition coefficient (Wildman–Crippen LogP) is 5.88. The van der Waals surface area contributed by atoms with Crippen LogP contribution in [0.25, 0.3) is 0 Å². The van der Waals surface area contributed by atoms with Gasteiger partial charge in [-0.15, -0.1) is 0 Å². The van der Waals surface area contributed by atoms with E-state index >= 15 is 0 Å². The average Bonchev–Trinajstić information content (AvgIpc) is 2.99. The highest BCUT2D eigenvalue weighted by Crippen LogP contribution is 2.27. The predicted molar refractivity (Wildman–Crippen MR) is 167 cm³/mol. The molecule has 0 aliphatic carbocycles. The molecule has 0 aromatic heterocycles. The van der Waals surface area contributed by atoms with Crippen LogP contribution in [0.1, 0.15) is 16.7 Å². The van der Waals surface area contributed by atoms with E-state index in [1.807, 2.05) is 37.3 Å². The number of hydrogen-bond acceptors (Lipinski definition) is 4. The number of para-hydroxylation sites is 1. The highest BCUT2D eigenvalue weighted by Gasteiger charge is 2.34. The van der Waals surface area contributed by atoms with Gasteiger partial charge in [0.25, 0.3) is 10.0 Å². The summed E-state index contributed by atoms with van der Waals surface area (Å²) in [5, 5.41) is 3.40. The number of nitrogens with one attached hydrogen (secondary N) is 1. The van der Waals surface area contributed by atoms with Crippen molar-refractivity contribution in [3.05, 3.63) is 130 Å². The normalized spacial score (nSPS) is 11.9. The summed E-state index contributed by atoms with van der Waals surface area (Å²) in [5.74, 6) is -0.977. The molecule has 4 aromatic rings. The van der Waals surface area contributed by atoms with Crippen molar-refractivity contribution < 1.29 is 18.0 Å². The average molecular weight is 625 g/mol. The first-order chi connectivity index (χ1) is 20.1. The standard InChI is InChI=1S/C32H31Cl2N3O4S/c1-23-13-17-28(18-14-23)42(40,41)37(27-11-7-4-8-12-27)22-31(38)36(21-25-15-16-26(33)20-29(25)34)30(32(39)35-2)19-24-9-5-3-6-10-24/h3-18,20,30H,19,21-22H2,1-2H3,(H,35,39). The third-order valence-corrected chi connectivity index (χ3v) is 9.18. The van der Waals surface area contributed by atoms with Crippen LogP contribution in [0.2, 0.25) is 10.0 Å². The maximum atomic E-state index is 14.3. The molecule has 4 rings (SSSR count). The topological polar surface area (TPSA) is 86.8 Å². The molecule has 0 saturated heterocycles. The van der Waals surface area contributed by atoms with Crippen LogP contribution < -0.4 is 9.62 Å². The molecule has 1 unspecified atom stereocenters. The van der Waals surface area contributed by atoms with Gasteiger partial charge in [0.05, 0.1) is 10.6 Å². The molecular formula is C32H31Cl2N3O4S. The van der Waals surface area contributed by atoms with Crippen molar-refractivity contribution in [2.24, 2.45) is 0 Å². The number of nitrogens with zero attached hydrogens (tertiary/aromatic N) is 2. The molecule has 1 atom stereocenters. The minimum absolute atomic E-state index is 0.0455. The van der Waals surface area contributed by atoms with Gasteiger partial charge in [0.15, 0.2) is 0 Å². The molecule has 0 aliphatic rings. The first-order valence-electron chi connectivity index (χ1n) is 13.2. The third-order valence-electron chi connectivity index (χ3n) is 6.81. The second-order valence-electron chi connectivity index (χ2n) is 9.74. The van der Waals surface area contributed by atoms with Gasteiger partial charge < -0.3 is 10.2 Å². The summed E-state index contributed by atoms with van der Waals surface area (Å²) in [4.78, 5) is 29.0. The van der Waals surface area contributed by atoms with Gasteiger partial charge in [-0.05, 0) is 54.4 Å². The van der Waals surface area contributed by atoms with E-state index < -0.39 is 34.4 Å². The number of carbonyl (C=O) groups excluding carboxylic acids is 2. The largest absolute Gasteiger partial charge is 0.357 e. The molecule has 0 fully saturated rings. The van der Waals surface area contributed by atoms with Gasteiger partial charge in [-0.2, -0.15) is 0 Å². The Hall–Kier alpha value is -3.85. The Morgan fingerprint density at radius 2 is 1.48 bits per heavy atom. The Morgan fingerprint density at radius 1 is 0.857 bits per heavy atom. The van der Waals surface area contributed by atoms with E-state index in [4.69, 9.17) is 23.2 Å². The summed E-state index contributed by atoms with van der Waals surface area (Å²) in [5.41, 5.74) is 2.61. The van der Waals surface area contributed by atoms with Crippen molar-refractivity contribution in [1.29, 1.82) is 0 Å². The SMILES string of the molecule is CNC(=O)C(Cc1ccccc1)N(Cc1ccc(Cl)cc1Cl)C(=O)CN(c1ccccc1)S(=O)(=O)c1ccc(C)cc1. The Kier molecular flexibility index (Phi) is 10.3. The van der Waals surface area contributed by atoms with Crippen molar-refractivity contribution >= 4 is 50.7 Å². The molecule has 0 aliphatic heterocycles. The lowest BCUT2D eigenvalue weighted by atomic mass is 10.0. The molecule has 218 valence electrons. The smallest absolute Gasteiger partial charge is 0.264 e. The second-order valence-corrected chi connectivity index (χ2v) is 12.4. The van der Waals surface area contributed by atoms with E-state index in [0.717, 1.165) is 15.4 Å². The van der Waals surface area contributed by atoms with E-state index in [0.29, 0.717) is 21.3 Å². The first-order valence-corrected chi connectivity index (χ1v) is 15.4.